The van der Waals surface area contributed by atoms with E-state index in [0.717, 1.165) is 12.1 Å². The van der Waals surface area contributed by atoms with Crippen LogP contribution in [0.4, 0.5) is 17.6 Å². The molecule has 1 unspecified atom stereocenters. The van der Waals surface area contributed by atoms with Crippen molar-refractivity contribution >= 4 is 0 Å². The monoisotopic (exact) mass is 265 g/mol. The van der Waals surface area contributed by atoms with Crippen LogP contribution >= 0.6 is 0 Å². The molecule has 1 atom stereocenters. The van der Waals surface area contributed by atoms with Gasteiger partial charge in [-0.2, -0.15) is 13.2 Å². The summed E-state index contributed by atoms with van der Waals surface area (Å²) in [6.45, 7) is 3.75. The Bertz CT molecular complexity index is 415. The van der Waals surface area contributed by atoms with Gasteiger partial charge in [0.05, 0.1) is 17.7 Å². The number of hydrogen-bond donors (Lipinski definition) is 1. The van der Waals surface area contributed by atoms with Crippen molar-refractivity contribution in [1.82, 2.24) is 0 Å². The number of rotatable bonds is 4. The third-order valence-corrected chi connectivity index (χ3v) is 2.54. The summed E-state index contributed by atoms with van der Waals surface area (Å²) in [6.07, 6.45) is -4.73. The summed E-state index contributed by atoms with van der Waals surface area (Å²) in [7, 11) is 0. The minimum absolute atomic E-state index is 0.0619. The second-order valence-electron chi connectivity index (χ2n) is 4.25. The van der Waals surface area contributed by atoms with Gasteiger partial charge in [0.25, 0.3) is 0 Å². The van der Waals surface area contributed by atoms with E-state index in [-0.39, 0.29) is 12.2 Å². The number of benzene rings is 1. The normalized spacial score (nSPS) is 15.5. The first-order valence-corrected chi connectivity index (χ1v) is 5.42. The van der Waals surface area contributed by atoms with E-state index >= 15 is 0 Å². The Morgan fingerprint density at radius 2 is 1.89 bits per heavy atom. The molecule has 1 aromatic carbocycles. The zero-order chi connectivity index (χ0) is 14.0. The lowest BCUT2D eigenvalue weighted by atomic mass is 9.92. The molecule has 0 aliphatic carbocycles. The van der Waals surface area contributed by atoms with Crippen LogP contribution in [-0.4, -0.2) is 13.2 Å². The summed E-state index contributed by atoms with van der Waals surface area (Å²) in [5, 5.41) is 0. The van der Waals surface area contributed by atoms with Crippen molar-refractivity contribution in [2.75, 3.05) is 13.2 Å². The summed E-state index contributed by atoms with van der Waals surface area (Å²) in [6, 6.07) is 2.74. The van der Waals surface area contributed by atoms with Gasteiger partial charge in [-0.3, -0.25) is 0 Å². The Kier molecular flexibility index (Phi) is 4.34. The van der Waals surface area contributed by atoms with Crippen molar-refractivity contribution in [3.63, 3.8) is 0 Å². The van der Waals surface area contributed by atoms with Crippen LogP contribution in [0.3, 0.4) is 0 Å². The van der Waals surface area contributed by atoms with E-state index in [1.54, 1.807) is 6.92 Å². The number of ether oxygens (including phenoxy) is 1. The molecule has 2 nitrogen and oxygen atoms in total. The molecule has 6 heteroatoms. The molecule has 0 aromatic heterocycles. The summed E-state index contributed by atoms with van der Waals surface area (Å²) < 4.78 is 55.9. The van der Waals surface area contributed by atoms with E-state index in [4.69, 9.17) is 10.5 Å². The van der Waals surface area contributed by atoms with E-state index in [1.807, 2.05) is 0 Å². The molecule has 1 aromatic rings. The molecule has 0 amide bonds. The van der Waals surface area contributed by atoms with E-state index < -0.39 is 23.1 Å². The van der Waals surface area contributed by atoms with Crippen molar-refractivity contribution in [1.29, 1.82) is 0 Å². The Morgan fingerprint density at radius 1 is 1.28 bits per heavy atom. The lowest BCUT2D eigenvalue weighted by Gasteiger charge is -2.25. The molecule has 0 radical (unpaired) electrons. The van der Waals surface area contributed by atoms with Crippen molar-refractivity contribution < 1.29 is 22.3 Å². The second kappa shape index (κ2) is 5.24. The summed E-state index contributed by atoms with van der Waals surface area (Å²) >= 11 is 0. The number of hydrogen-bond acceptors (Lipinski definition) is 2. The van der Waals surface area contributed by atoms with Crippen molar-refractivity contribution in [3.8, 4) is 0 Å². The van der Waals surface area contributed by atoms with E-state index in [1.165, 1.54) is 13.0 Å². The Morgan fingerprint density at radius 3 is 2.39 bits per heavy atom. The van der Waals surface area contributed by atoms with Crippen LogP contribution in [0.2, 0.25) is 0 Å². The zero-order valence-corrected chi connectivity index (χ0v) is 10.1. The van der Waals surface area contributed by atoms with Crippen LogP contribution in [0.15, 0.2) is 18.2 Å². The fraction of sp³-hybridized carbons (Fsp3) is 0.500. The number of alkyl halides is 3. The molecule has 0 aliphatic rings. The fourth-order valence-corrected chi connectivity index (χ4v) is 1.50. The Hall–Kier alpha value is -1.14. The summed E-state index contributed by atoms with van der Waals surface area (Å²) in [4.78, 5) is 0. The lowest BCUT2D eigenvalue weighted by Crippen LogP contribution is -2.38. The molecule has 0 fully saturated rings. The zero-order valence-electron chi connectivity index (χ0n) is 10.1. The van der Waals surface area contributed by atoms with Gasteiger partial charge in [0, 0.05) is 6.61 Å². The first kappa shape index (κ1) is 14.9. The van der Waals surface area contributed by atoms with Crippen LogP contribution in [-0.2, 0) is 16.5 Å². The average Bonchev–Trinajstić information content (AvgIpc) is 2.25. The first-order valence-electron chi connectivity index (χ1n) is 5.42. The molecule has 0 saturated carbocycles. The molecule has 0 saturated heterocycles. The quantitative estimate of drug-likeness (QED) is 0.849. The highest BCUT2D eigenvalue weighted by atomic mass is 19.4. The molecule has 0 aliphatic heterocycles. The average molecular weight is 265 g/mol. The maximum absolute atomic E-state index is 13.1. The van der Waals surface area contributed by atoms with Gasteiger partial charge < -0.3 is 10.5 Å². The minimum atomic E-state index is -4.73. The largest absolute Gasteiger partial charge is 0.419 e. The molecule has 0 spiro atoms. The predicted molar refractivity (Wildman–Crippen MR) is 59.4 cm³/mol. The fourth-order valence-electron chi connectivity index (χ4n) is 1.50. The van der Waals surface area contributed by atoms with Crippen molar-refractivity contribution in [2.45, 2.75) is 25.6 Å². The number of halogens is 4. The molecule has 102 valence electrons. The standard InChI is InChI=1S/C12H15F4NO/c1-3-18-7-11(2,17)8-4-5-10(13)9(6-8)12(14,15)16/h4-6H,3,7,17H2,1-2H3. The van der Waals surface area contributed by atoms with Crippen LogP contribution in [0, 0.1) is 5.82 Å². The van der Waals surface area contributed by atoms with E-state index in [9.17, 15) is 17.6 Å². The van der Waals surface area contributed by atoms with Crippen LogP contribution in [0.5, 0.6) is 0 Å². The Labute approximate surface area is 103 Å². The number of nitrogens with two attached hydrogens (primary N) is 1. The van der Waals surface area contributed by atoms with Crippen LogP contribution < -0.4 is 5.73 Å². The lowest BCUT2D eigenvalue weighted by molar-refractivity contribution is -0.140. The SMILES string of the molecule is CCOCC(C)(N)c1ccc(F)c(C(F)(F)F)c1. The molecule has 1 rings (SSSR count). The van der Waals surface area contributed by atoms with Gasteiger partial charge in [-0.15, -0.1) is 0 Å². The van der Waals surface area contributed by atoms with E-state index in [0.29, 0.717) is 6.61 Å². The highest BCUT2D eigenvalue weighted by Gasteiger charge is 2.35. The minimum Gasteiger partial charge on any atom is -0.379 e. The smallest absolute Gasteiger partial charge is 0.379 e. The van der Waals surface area contributed by atoms with Gasteiger partial charge in [0.1, 0.15) is 5.82 Å². The third-order valence-electron chi connectivity index (χ3n) is 2.54. The van der Waals surface area contributed by atoms with Crippen LogP contribution in [0.1, 0.15) is 25.0 Å². The highest BCUT2D eigenvalue weighted by molar-refractivity contribution is 5.31. The van der Waals surface area contributed by atoms with Crippen LogP contribution in [0.25, 0.3) is 0 Å². The second-order valence-corrected chi connectivity index (χ2v) is 4.25. The van der Waals surface area contributed by atoms with Gasteiger partial charge >= 0.3 is 6.18 Å². The maximum atomic E-state index is 13.1. The molecule has 0 bridgehead atoms. The molecular formula is C12H15F4NO. The highest BCUT2D eigenvalue weighted by Crippen LogP contribution is 2.33. The summed E-state index contributed by atoms with van der Waals surface area (Å²) in [5.41, 5.74) is 3.65. The van der Waals surface area contributed by atoms with Crippen molar-refractivity contribution in [2.24, 2.45) is 5.73 Å². The first-order chi connectivity index (χ1) is 8.18. The summed E-state index contributed by atoms with van der Waals surface area (Å²) in [5.74, 6) is -1.31. The molecule has 18 heavy (non-hydrogen) atoms. The van der Waals surface area contributed by atoms with Crippen molar-refractivity contribution in [3.05, 3.63) is 35.1 Å². The Balaban J connectivity index is 3.12. The molecular weight excluding hydrogens is 250 g/mol. The van der Waals surface area contributed by atoms with Gasteiger partial charge in [-0.1, -0.05) is 6.07 Å². The topological polar surface area (TPSA) is 35.2 Å². The third kappa shape index (κ3) is 3.43. The van der Waals surface area contributed by atoms with Gasteiger partial charge in [-0.25, -0.2) is 4.39 Å². The van der Waals surface area contributed by atoms with Gasteiger partial charge in [0.2, 0.25) is 0 Å². The van der Waals surface area contributed by atoms with Gasteiger partial charge in [0.15, 0.2) is 0 Å². The predicted octanol–water partition coefficient (Wildman–Crippen LogP) is 3.05. The maximum Gasteiger partial charge on any atom is 0.419 e. The molecule has 2 N–H and O–H groups in total. The van der Waals surface area contributed by atoms with Gasteiger partial charge in [-0.05, 0) is 31.5 Å². The molecule has 0 heterocycles. The van der Waals surface area contributed by atoms with E-state index in [2.05, 4.69) is 0 Å².